The Bertz CT molecular complexity index is 213. The number of hydrogen-bond donors (Lipinski definition) is 1. The van der Waals surface area contributed by atoms with Gasteiger partial charge in [0.1, 0.15) is 0 Å². The summed E-state index contributed by atoms with van der Waals surface area (Å²) in [6.07, 6.45) is 0.750. The Morgan fingerprint density at radius 2 is 1.36 bits per heavy atom. The lowest BCUT2D eigenvalue weighted by atomic mass is 10.3. The van der Waals surface area contributed by atoms with Crippen molar-refractivity contribution in [1.29, 1.82) is 0 Å². The standard InChI is InChI=1S/C6H7N.C6H14O/c7-6-4-2-1-3-5-6;1-5(2)7-6(3)4/h1-5H,7H2;5-6H,1-4H3. The zero-order valence-electron chi connectivity index (χ0n) is 9.53. The van der Waals surface area contributed by atoms with E-state index in [1.54, 1.807) is 0 Å². The summed E-state index contributed by atoms with van der Waals surface area (Å²) in [6.45, 7) is 8.17. The van der Waals surface area contributed by atoms with Crippen molar-refractivity contribution in [3.8, 4) is 0 Å². The normalized spacial score (nSPS) is 9.86. The molecule has 0 saturated heterocycles. The Morgan fingerprint density at radius 1 is 0.929 bits per heavy atom. The SMILES string of the molecule is CC(C)OC(C)C.Nc1ccccc1. The van der Waals surface area contributed by atoms with E-state index in [0.717, 1.165) is 5.69 Å². The predicted octanol–water partition coefficient (Wildman–Crippen LogP) is 3.09. The van der Waals surface area contributed by atoms with Gasteiger partial charge in [0.05, 0.1) is 12.2 Å². The molecule has 14 heavy (non-hydrogen) atoms. The lowest BCUT2D eigenvalue weighted by Gasteiger charge is -2.09. The number of para-hydroxylation sites is 1. The molecule has 0 aromatic heterocycles. The maximum atomic E-state index is 5.36. The first-order valence-corrected chi connectivity index (χ1v) is 4.98. The molecule has 0 aliphatic carbocycles. The number of anilines is 1. The van der Waals surface area contributed by atoms with Gasteiger partial charge in [-0.3, -0.25) is 0 Å². The van der Waals surface area contributed by atoms with Gasteiger partial charge in [0, 0.05) is 5.69 Å². The summed E-state index contributed by atoms with van der Waals surface area (Å²) in [4.78, 5) is 0. The molecule has 0 saturated carbocycles. The fourth-order valence-electron chi connectivity index (χ4n) is 0.997. The topological polar surface area (TPSA) is 35.2 Å². The van der Waals surface area contributed by atoms with Crippen molar-refractivity contribution in [3.05, 3.63) is 30.3 Å². The van der Waals surface area contributed by atoms with Gasteiger partial charge in [-0.1, -0.05) is 18.2 Å². The number of ether oxygens (including phenoxy) is 1. The molecule has 0 bridgehead atoms. The molecule has 1 rings (SSSR count). The zero-order chi connectivity index (χ0) is 11.0. The minimum atomic E-state index is 0.375. The van der Waals surface area contributed by atoms with Crippen LogP contribution in [0.3, 0.4) is 0 Å². The largest absolute Gasteiger partial charge is 0.399 e. The van der Waals surface area contributed by atoms with Gasteiger partial charge in [0.15, 0.2) is 0 Å². The number of benzene rings is 1. The smallest absolute Gasteiger partial charge is 0.0522 e. The second-order valence-electron chi connectivity index (χ2n) is 3.64. The summed E-state index contributed by atoms with van der Waals surface area (Å²) in [6, 6.07) is 9.49. The van der Waals surface area contributed by atoms with Crippen LogP contribution in [0, 0.1) is 0 Å². The van der Waals surface area contributed by atoms with E-state index in [1.165, 1.54) is 0 Å². The summed E-state index contributed by atoms with van der Waals surface area (Å²) in [5.74, 6) is 0. The van der Waals surface area contributed by atoms with Crippen LogP contribution in [0.2, 0.25) is 0 Å². The van der Waals surface area contributed by atoms with E-state index in [4.69, 9.17) is 10.5 Å². The van der Waals surface area contributed by atoms with Crippen molar-refractivity contribution in [2.45, 2.75) is 39.9 Å². The molecule has 2 N–H and O–H groups in total. The molecule has 80 valence electrons. The highest BCUT2D eigenvalue weighted by Crippen LogP contribution is 1.96. The molecule has 0 amide bonds. The minimum Gasteiger partial charge on any atom is -0.399 e. The van der Waals surface area contributed by atoms with Crippen LogP contribution in [0.25, 0.3) is 0 Å². The summed E-state index contributed by atoms with van der Waals surface area (Å²) in [5.41, 5.74) is 6.18. The van der Waals surface area contributed by atoms with Crippen molar-refractivity contribution in [2.75, 3.05) is 5.73 Å². The molecular formula is C12H21NO. The number of nitrogen functional groups attached to an aromatic ring is 1. The molecule has 1 aromatic carbocycles. The first-order valence-electron chi connectivity index (χ1n) is 4.98. The minimum absolute atomic E-state index is 0.375. The van der Waals surface area contributed by atoms with Crippen LogP contribution in [-0.4, -0.2) is 12.2 Å². The molecule has 0 aliphatic heterocycles. The molecule has 0 atom stereocenters. The van der Waals surface area contributed by atoms with Crippen LogP contribution in [0.15, 0.2) is 30.3 Å². The van der Waals surface area contributed by atoms with Crippen molar-refractivity contribution in [3.63, 3.8) is 0 Å². The maximum absolute atomic E-state index is 5.36. The van der Waals surface area contributed by atoms with Gasteiger partial charge < -0.3 is 10.5 Å². The van der Waals surface area contributed by atoms with Crippen LogP contribution >= 0.6 is 0 Å². The van der Waals surface area contributed by atoms with E-state index < -0.39 is 0 Å². The summed E-state index contributed by atoms with van der Waals surface area (Å²) in [7, 11) is 0. The van der Waals surface area contributed by atoms with E-state index in [9.17, 15) is 0 Å². The first kappa shape index (κ1) is 13.0. The number of rotatable bonds is 2. The highest BCUT2D eigenvalue weighted by atomic mass is 16.5. The van der Waals surface area contributed by atoms with Crippen molar-refractivity contribution >= 4 is 5.69 Å². The Balaban J connectivity index is 0.000000241. The summed E-state index contributed by atoms with van der Waals surface area (Å²) >= 11 is 0. The Morgan fingerprint density at radius 3 is 1.50 bits per heavy atom. The van der Waals surface area contributed by atoms with E-state index in [2.05, 4.69) is 0 Å². The van der Waals surface area contributed by atoms with E-state index in [-0.39, 0.29) is 0 Å². The molecule has 0 fully saturated rings. The molecule has 1 aromatic rings. The van der Waals surface area contributed by atoms with Crippen molar-refractivity contribution in [1.82, 2.24) is 0 Å². The van der Waals surface area contributed by atoms with Gasteiger partial charge in [-0.15, -0.1) is 0 Å². The lowest BCUT2D eigenvalue weighted by Crippen LogP contribution is -2.09. The van der Waals surface area contributed by atoms with Gasteiger partial charge in [0.25, 0.3) is 0 Å². The average molecular weight is 195 g/mol. The fraction of sp³-hybridized carbons (Fsp3) is 0.500. The predicted molar refractivity (Wildman–Crippen MR) is 62.2 cm³/mol. The van der Waals surface area contributed by atoms with E-state index in [0.29, 0.717) is 12.2 Å². The first-order chi connectivity index (χ1) is 6.52. The molecule has 0 spiro atoms. The second kappa shape index (κ2) is 7.39. The maximum Gasteiger partial charge on any atom is 0.0522 e. The molecule has 2 nitrogen and oxygen atoms in total. The van der Waals surface area contributed by atoms with Gasteiger partial charge in [0.2, 0.25) is 0 Å². The van der Waals surface area contributed by atoms with E-state index >= 15 is 0 Å². The Labute approximate surface area is 87.1 Å². The van der Waals surface area contributed by atoms with Gasteiger partial charge >= 0.3 is 0 Å². The van der Waals surface area contributed by atoms with Crippen LogP contribution in [0.5, 0.6) is 0 Å². The summed E-state index contributed by atoms with van der Waals surface area (Å²) in [5, 5.41) is 0. The van der Waals surface area contributed by atoms with Gasteiger partial charge in [-0.25, -0.2) is 0 Å². The average Bonchev–Trinajstić information content (AvgIpc) is 2.03. The molecule has 0 aliphatic rings. The molecule has 0 unspecified atom stereocenters. The molecular weight excluding hydrogens is 174 g/mol. The Kier molecular flexibility index (Phi) is 6.85. The Hall–Kier alpha value is -1.02. The monoisotopic (exact) mass is 195 g/mol. The highest BCUT2D eigenvalue weighted by Gasteiger charge is 1.94. The third-order valence-electron chi connectivity index (χ3n) is 1.34. The third-order valence-corrected chi connectivity index (χ3v) is 1.34. The number of hydrogen-bond acceptors (Lipinski definition) is 2. The van der Waals surface area contributed by atoms with Crippen molar-refractivity contribution in [2.24, 2.45) is 0 Å². The van der Waals surface area contributed by atoms with Crippen molar-refractivity contribution < 1.29 is 4.74 Å². The summed E-state index contributed by atoms with van der Waals surface area (Å²) < 4.78 is 5.25. The second-order valence-corrected chi connectivity index (χ2v) is 3.64. The van der Waals surface area contributed by atoms with Gasteiger partial charge in [-0.05, 0) is 39.8 Å². The van der Waals surface area contributed by atoms with Crippen LogP contribution < -0.4 is 5.73 Å². The van der Waals surface area contributed by atoms with Crippen LogP contribution in [-0.2, 0) is 4.74 Å². The molecule has 0 radical (unpaired) electrons. The lowest BCUT2D eigenvalue weighted by molar-refractivity contribution is 0.0300. The zero-order valence-corrected chi connectivity index (χ0v) is 9.53. The highest BCUT2D eigenvalue weighted by molar-refractivity contribution is 5.35. The molecule has 2 heteroatoms. The van der Waals surface area contributed by atoms with Crippen LogP contribution in [0.4, 0.5) is 5.69 Å². The number of nitrogens with two attached hydrogens (primary N) is 1. The molecule has 0 heterocycles. The van der Waals surface area contributed by atoms with E-state index in [1.807, 2.05) is 58.0 Å². The van der Waals surface area contributed by atoms with Crippen LogP contribution in [0.1, 0.15) is 27.7 Å². The van der Waals surface area contributed by atoms with Gasteiger partial charge in [-0.2, -0.15) is 0 Å². The fourth-order valence-corrected chi connectivity index (χ4v) is 0.997. The quantitative estimate of drug-likeness (QED) is 0.736. The third kappa shape index (κ3) is 9.07.